The Morgan fingerprint density at radius 2 is 2.10 bits per heavy atom. The average Bonchev–Trinajstić information content (AvgIpc) is 2.79. The molecule has 5 heteroatoms. The molecule has 0 spiro atoms. The van der Waals surface area contributed by atoms with E-state index in [9.17, 15) is 4.79 Å². The van der Waals surface area contributed by atoms with Crippen LogP contribution >= 0.6 is 35.0 Å². The largest absolute Gasteiger partial charge is 0.326 e. The van der Waals surface area contributed by atoms with Crippen molar-refractivity contribution >= 4 is 40.9 Å². The van der Waals surface area contributed by atoms with Gasteiger partial charge in [0.15, 0.2) is 0 Å². The summed E-state index contributed by atoms with van der Waals surface area (Å²) in [5.41, 5.74) is 0.927. The van der Waals surface area contributed by atoms with Crippen LogP contribution in [0, 0.1) is 5.41 Å². The molecule has 0 aromatic heterocycles. The summed E-state index contributed by atoms with van der Waals surface area (Å²) in [4.78, 5) is 14.4. The molecule has 110 valence electrons. The van der Waals surface area contributed by atoms with E-state index in [2.05, 4.69) is 20.8 Å². The Morgan fingerprint density at radius 1 is 1.40 bits per heavy atom. The van der Waals surface area contributed by atoms with Crippen LogP contribution in [0.25, 0.3) is 0 Å². The monoisotopic (exact) mass is 331 g/mol. The van der Waals surface area contributed by atoms with Crippen molar-refractivity contribution in [1.29, 1.82) is 0 Å². The van der Waals surface area contributed by atoms with Crippen molar-refractivity contribution in [3.05, 3.63) is 33.8 Å². The average molecular weight is 332 g/mol. The van der Waals surface area contributed by atoms with Crippen molar-refractivity contribution in [2.24, 2.45) is 5.41 Å². The van der Waals surface area contributed by atoms with Gasteiger partial charge in [0.05, 0.1) is 10.0 Å². The highest BCUT2D eigenvalue weighted by Gasteiger charge is 2.33. The molecule has 0 bridgehead atoms. The quantitative estimate of drug-likeness (QED) is 0.759. The Labute approximate surface area is 134 Å². The highest BCUT2D eigenvalue weighted by atomic mass is 35.5. The molecule has 0 saturated carbocycles. The lowest BCUT2D eigenvalue weighted by atomic mass is 9.91. The van der Waals surface area contributed by atoms with Gasteiger partial charge in [0.25, 0.3) is 0 Å². The van der Waals surface area contributed by atoms with Gasteiger partial charge in [0.1, 0.15) is 5.37 Å². The smallest absolute Gasteiger partial charge is 0.224 e. The molecule has 1 aliphatic rings. The third kappa shape index (κ3) is 3.63. The van der Waals surface area contributed by atoms with Gasteiger partial charge in [-0.25, -0.2) is 0 Å². The van der Waals surface area contributed by atoms with E-state index in [1.807, 2.05) is 17.0 Å². The van der Waals surface area contributed by atoms with E-state index in [4.69, 9.17) is 23.2 Å². The molecule has 1 aromatic rings. The SMILES string of the molecule is CC(C)(C)CC(=O)N1CCS[C@H]1c1cccc(Cl)c1Cl. The Hall–Kier alpha value is -0.380. The van der Waals surface area contributed by atoms with Crippen LogP contribution in [0.15, 0.2) is 18.2 Å². The van der Waals surface area contributed by atoms with Gasteiger partial charge in [-0.15, -0.1) is 11.8 Å². The van der Waals surface area contributed by atoms with Crippen molar-refractivity contribution < 1.29 is 4.79 Å². The van der Waals surface area contributed by atoms with Crippen LogP contribution in [-0.4, -0.2) is 23.1 Å². The molecule has 2 nitrogen and oxygen atoms in total. The molecule has 0 aliphatic carbocycles. The Morgan fingerprint density at radius 3 is 2.75 bits per heavy atom. The molecular formula is C15H19Cl2NOS. The van der Waals surface area contributed by atoms with Crippen LogP contribution < -0.4 is 0 Å². The number of rotatable bonds is 2. The summed E-state index contributed by atoms with van der Waals surface area (Å²) in [6, 6.07) is 5.61. The maximum absolute atomic E-state index is 12.5. The number of hydrogen-bond donors (Lipinski definition) is 0. The van der Waals surface area contributed by atoms with Gasteiger partial charge in [0, 0.05) is 24.3 Å². The van der Waals surface area contributed by atoms with E-state index in [1.54, 1.807) is 17.8 Å². The van der Waals surface area contributed by atoms with E-state index in [-0.39, 0.29) is 16.7 Å². The summed E-state index contributed by atoms with van der Waals surface area (Å²) in [5, 5.41) is 1.08. The van der Waals surface area contributed by atoms with Gasteiger partial charge < -0.3 is 4.90 Å². The molecule has 2 rings (SSSR count). The summed E-state index contributed by atoms with van der Waals surface area (Å²) < 4.78 is 0. The molecule has 1 heterocycles. The molecule has 0 N–H and O–H groups in total. The predicted octanol–water partition coefficient (Wildman–Crippen LogP) is 5.00. The molecular weight excluding hydrogens is 313 g/mol. The fraction of sp³-hybridized carbons (Fsp3) is 0.533. The van der Waals surface area contributed by atoms with Crippen LogP contribution in [0.2, 0.25) is 10.0 Å². The first kappa shape index (κ1) is 16.0. The van der Waals surface area contributed by atoms with Gasteiger partial charge in [-0.2, -0.15) is 0 Å². The number of halogens is 2. The summed E-state index contributed by atoms with van der Waals surface area (Å²) in [6.07, 6.45) is 0.544. The minimum Gasteiger partial charge on any atom is -0.326 e. The van der Waals surface area contributed by atoms with Gasteiger partial charge in [-0.05, 0) is 11.5 Å². The van der Waals surface area contributed by atoms with E-state index in [0.717, 1.165) is 17.9 Å². The van der Waals surface area contributed by atoms with Crippen LogP contribution in [0.3, 0.4) is 0 Å². The van der Waals surface area contributed by atoms with Crippen molar-refractivity contribution in [3.63, 3.8) is 0 Å². The number of carbonyl (C=O) groups excluding carboxylic acids is 1. The third-order valence-electron chi connectivity index (χ3n) is 3.14. The Kier molecular flexibility index (Phi) is 4.93. The summed E-state index contributed by atoms with van der Waals surface area (Å²) in [7, 11) is 0. The Bertz CT molecular complexity index is 513. The lowest BCUT2D eigenvalue weighted by Gasteiger charge is -2.28. The van der Waals surface area contributed by atoms with E-state index >= 15 is 0 Å². The first-order valence-corrected chi connectivity index (χ1v) is 8.45. The highest BCUT2D eigenvalue weighted by molar-refractivity contribution is 7.99. The lowest BCUT2D eigenvalue weighted by molar-refractivity contribution is -0.133. The van der Waals surface area contributed by atoms with Gasteiger partial charge in [-0.3, -0.25) is 4.79 Å². The fourth-order valence-corrected chi connectivity index (χ4v) is 4.03. The second-order valence-electron chi connectivity index (χ2n) is 6.19. The summed E-state index contributed by atoms with van der Waals surface area (Å²) >= 11 is 14.1. The highest BCUT2D eigenvalue weighted by Crippen LogP contribution is 2.43. The minimum absolute atomic E-state index is 0.00693. The normalized spacial score (nSPS) is 19.4. The zero-order chi connectivity index (χ0) is 14.9. The van der Waals surface area contributed by atoms with Crippen molar-refractivity contribution in [2.75, 3.05) is 12.3 Å². The molecule has 20 heavy (non-hydrogen) atoms. The number of carbonyl (C=O) groups is 1. The number of thioether (sulfide) groups is 1. The van der Waals surface area contributed by atoms with Gasteiger partial charge in [0.2, 0.25) is 5.91 Å². The number of hydrogen-bond acceptors (Lipinski definition) is 2. The van der Waals surface area contributed by atoms with Gasteiger partial charge in [-0.1, -0.05) is 56.1 Å². The van der Waals surface area contributed by atoms with E-state index in [1.165, 1.54) is 0 Å². The molecule has 1 atom stereocenters. The maximum Gasteiger partial charge on any atom is 0.224 e. The predicted molar refractivity (Wildman–Crippen MR) is 87.4 cm³/mol. The summed E-state index contributed by atoms with van der Waals surface area (Å²) in [6.45, 7) is 7.01. The van der Waals surface area contributed by atoms with Crippen molar-refractivity contribution in [2.45, 2.75) is 32.6 Å². The molecule has 1 saturated heterocycles. The number of benzene rings is 1. The van der Waals surface area contributed by atoms with Crippen molar-refractivity contribution in [3.8, 4) is 0 Å². The molecule has 1 aliphatic heterocycles. The molecule has 1 amide bonds. The minimum atomic E-state index is -0.0175. The molecule has 0 unspecified atom stereocenters. The van der Waals surface area contributed by atoms with E-state index in [0.29, 0.717) is 16.5 Å². The van der Waals surface area contributed by atoms with Crippen molar-refractivity contribution in [1.82, 2.24) is 4.90 Å². The lowest BCUT2D eigenvalue weighted by Crippen LogP contribution is -2.33. The second kappa shape index (κ2) is 6.17. The zero-order valence-corrected chi connectivity index (χ0v) is 14.3. The number of amides is 1. The van der Waals surface area contributed by atoms with Crippen LogP contribution in [0.5, 0.6) is 0 Å². The van der Waals surface area contributed by atoms with Crippen LogP contribution in [0.1, 0.15) is 38.1 Å². The first-order chi connectivity index (χ1) is 9.29. The standard InChI is InChI=1S/C15H19Cl2NOS/c1-15(2,3)9-12(19)18-7-8-20-14(18)10-5-4-6-11(16)13(10)17/h4-6,14H,7-9H2,1-3H3/t14-/m0/s1. The Balaban J connectivity index is 2.23. The second-order valence-corrected chi connectivity index (χ2v) is 8.16. The van der Waals surface area contributed by atoms with Gasteiger partial charge >= 0.3 is 0 Å². The zero-order valence-electron chi connectivity index (χ0n) is 12.0. The first-order valence-electron chi connectivity index (χ1n) is 6.64. The van der Waals surface area contributed by atoms with E-state index < -0.39 is 0 Å². The van der Waals surface area contributed by atoms with Crippen LogP contribution in [0.4, 0.5) is 0 Å². The molecule has 1 aromatic carbocycles. The fourth-order valence-electron chi connectivity index (χ4n) is 2.25. The molecule has 0 radical (unpaired) electrons. The van der Waals surface area contributed by atoms with Crippen LogP contribution in [-0.2, 0) is 4.79 Å². The maximum atomic E-state index is 12.5. The number of nitrogens with zero attached hydrogens (tertiary/aromatic N) is 1. The topological polar surface area (TPSA) is 20.3 Å². The third-order valence-corrected chi connectivity index (χ3v) is 5.22. The summed E-state index contributed by atoms with van der Waals surface area (Å²) in [5.74, 6) is 1.12. The molecule has 1 fully saturated rings.